The number of amides is 1. The third-order valence-electron chi connectivity index (χ3n) is 2.67. The molecular weight excluding hydrogens is 190 g/mol. The molecule has 0 bridgehead atoms. The molecule has 14 heavy (non-hydrogen) atoms. The molecule has 0 aliphatic heterocycles. The first-order chi connectivity index (χ1) is 6.52. The van der Waals surface area contributed by atoms with E-state index in [1.165, 1.54) is 7.05 Å². The summed E-state index contributed by atoms with van der Waals surface area (Å²) >= 11 is 0. The first-order valence-corrected chi connectivity index (χ1v) is 4.81. The summed E-state index contributed by atoms with van der Waals surface area (Å²) in [5.41, 5.74) is 5.71. The van der Waals surface area contributed by atoms with Gasteiger partial charge in [-0.3, -0.25) is 4.79 Å². The van der Waals surface area contributed by atoms with Crippen LogP contribution in [0.2, 0.25) is 0 Å². The lowest BCUT2D eigenvalue weighted by molar-refractivity contribution is -0.136. The summed E-state index contributed by atoms with van der Waals surface area (Å²) in [6, 6.07) is -0.150. The Balaban J connectivity index is 2.47. The van der Waals surface area contributed by atoms with Gasteiger partial charge in [-0.25, -0.2) is 8.78 Å². The van der Waals surface area contributed by atoms with E-state index in [-0.39, 0.29) is 17.9 Å². The minimum Gasteiger partial charge on any atom is -0.340 e. The highest BCUT2D eigenvalue weighted by molar-refractivity contribution is 5.79. The largest absolute Gasteiger partial charge is 0.340 e. The zero-order valence-electron chi connectivity index (χ0n) is 8.25. The Kier molecular flexibility index (Phi) is 3.80. The molecule has 2 N–H and O–H groups in total. The van der Waals surface area contributed by atoms with E-state index in [1.807, 2.05) is 0 Å². The van der Waals surface area contributed by atoms with Gasteiger partial charge in [0.2, 0.25) is 5.91 Å². The van der Waals surface area contributed by atoms with Crippen molar-refractivity contribution < 1.29 is 13.6 Å². The van der Waals surface area contributed by atoms with E-state index >= 15 is 0 Å². The molecule has 0 aromatic heterocycles. The lowest BCUT2D eigenvalue weighted by Crippen LogP contribution is -2.41. The first kappa shape index (κ1) is 11.4. The predicted octanol–water partition coefficient (Wildman–Crippen LogP) is 0.837. The van der Waals surface area contributed by atoms with Gasteiger partial charge in [0, 0.05) is 13.1 Å². The van der Waals surface area contributed by atoms with E-state index in [9.17, 15) is 13.6 Å². The number of hydrogen-bond acceptors (Lipinski definition) is 2. The van der Waals surface area contributed by atoms with Crippen molar-refractivity contribution in [1.82, 2.24) is 4.90 Å². The van der Waals surface area contributed by atoms with Gasteiger partial charge < -0.3 is 10.6 Å². The number of carbonyl (C=O) groups excluding carboxylic acids is 1. The summed E-state index contributed by atoms with van der Waals surface area (Å²) < 4.78 is 24.0. The molecule has 1 aliphatic rings. The molecule has 1 amide bonds. The van der Waals surface area contributed by atoms with Crippen molar-refractivity contribution in [3.05, 3.63) is 0 Å². The van der Waals surface area contributed by atoms with Crippen molar-refractivity contribution in [3.63, 3.8) is 0 Å². The van der Waals surface area contributed by atoms with E-state index in [0.29, 0.717) is 0 Å². The predicted molar refractivity (Wildman–Crippen MR) is 49.0 cm³/mol. The second kappa shape index (κ2) is 4.68. The normalized spacial score (nSPS) is 26.9. The van der Waals surface area contributed by atoms with E-state index < -0.39 is 13.0 Å². The molecule has 1 saturated carbocycles. The molecule has 0 radical (unpaired) electrons. The Bertz CT molecular complexity index is 211. The summed E-state index contributed by atoms with van der Waals surface area (Å²) in [4.78, 5) is 12.7. The van der Waals surface area contributed by atoms with Crippen LogP contribution in [0.4, 0.5) is 8.78 Å². The first-order valence-electron chi connectivity index (χ1n) is 4.81. The Labute approximate surface area is 82.2 Å². The van der Waals surface area contributed by atoms with Crippen LogP contribution in [0.5, 0.6) is 0 Å². The number of halogens is 2. The zero-order valence-corrected chi connectivity index (χ0v) is 8.25. The fourth-order valence-corrected chi connectivity index (χ4v) is 1.88. The molecule has 82 valence electrons. The molecule has 3 nitrogen and oxygen atoms in total. The second-order valence-electron chi connectivity index (χ2n) is 3.81. The van der Waals surface area contributed by atoms with Gasteiger partial charge in [0.1, 0.15) is 0 Å². The number of nitrogens with two attached hydrogens (primary N) is 1. The summed E-state index contributed by atoms with van der Waals surface area (Å²) in [5, 5.41) is 0. The standard InChI is InChI=1S/C9H16F2N2O/c1-13(5-8(10)11)9(14)6-3-2-4-7(6)12/h6-8H,2-5,12H2,1H3/t6-,7+/m0/s1. The Morgan fingerprint density at radius 1 is 1.57 bits per heavy atom. The molecule has 0 aromatic carbocycles. The van der Waals surface area contributed by atoms with Crippen LogP contribution in [0.25, 0.3) is 0 Å². The van der Waals surface area contributed by atoms with Gasteiger partial charge in [-0.2, -0.15) is 0 Å². The third kappa shape index (κ3) is 2.64. The van der Waals surface area contributed by atoms with Crippen LogP contribution < -0.4 is 5.73 Å². The van der Waals surface area contributed by atoms with E-state index in [1.54, 1.807) is 0 Å². The summed E-state index contributed by atoms with van der Waals surface area (Å²) in [6.07, 6.45) is -0.00589. The van der Waals surface area contributed by atoms with E-state index in [0.717, 1.165) is 24.2 Å². The van der Waals surface area contributed by atoms with Gasteiger partial charge in [-0.1, -0.05) is 6.42 Å². The van der Waals surface area contributed by atoms with Crippen molar-refractivity contribution in [2.45, 2.75) is 31.7 Å². The lowest BCUT2D eigenvalue weighted by atomic mass is 10.0. The van der Waals surface area contributed by atoms with E-state index in [2.05, 4.69) is 0 Å². The highest BCUT2D eigenvalue weighted by Crippen LogP contribution is 2.25. The summed E-state index contributed by atoms with van der Waals surface area (Å²) in [5.74, 6) is -0.492. The number of rotatable bonds is 3. The minimum atomic E-state index is -2.47. The van der Waals surface area contributed by atoms with Gasteiger partial charge in [-0.15, -0.1) is 0 Å². The molecule has 0 heterocycles. The monoisotopic (exact) mass is 206 g/mol. The maximum absolute atomic E-state index is 12.0. The molecule has 5 heteroatoms. The van der Waals surface area contributed by atoms with Crippen LogP contribution >= 0.6 is 0 Å². The SMILES string of the molecule is CN(CC(F)F)C(=O)[C@H]1CCC[C@H]1N. The molecule has 2 atom stereocenters. The van der Waals surface area contributed by atoms with Gasteiger partial charge >= 0.3 is 0 Å². The minimum absolute atomic E-state index is 0.150. The average molecular weight is 206 g/mol. The lowest BCUT2D eigenvalue weighted by Gasteiger charge is -2.22. The molecule has 0 saturated heterocycles. The quantitative estimate of drug-likeness (QED) is 0.743. The van der Waals surface area contributed by atoms with Crippen LogP contribution in [-0.2, 0) is 4.79 Å². The topological polar surface area (TPSA) is 46.3 Å². The Morgan fingerprint density at radius 3 is 2.64 bits per heavy atom. The van der Waals surface area contributed by atoms with Crippen LogP contribution in [0, 0.1) is 5.92 Å². The molecule has 0 aromatic rings. The maximum atomic E-state index is 12.0. The summed E-state index contributed by atoms with van der Waals surface area (Å²) in [7, 11) is 1.40. The molecule has 1 rings (SSSR count). The molecule has 1 aliphatic carbocycles. The zero-order chi connectivity index (χ0) is 10.7. The van der Waals surface area contributed by atoms with Crippen molar-refractivity contribution in [2.24, 2.45) is 11.7 Å². The van der Waals surface area contributed by atoms with Gasteiger partial charge in [-0.05, 0) is 12.8 Å². The summed E-state index contributed by atoms with van der Waals surface area (Å²) in [6.45, 7) is -0.498. The Hall–Kier alpha value is -0.710. The highest BCUT2D eigenvalue weighted by Gasteiger charge is 2.32. The van der Waals surface area contributed by atoms with Crippen LogP contribution in [0.1, 0.15) is 19.3 Å². The number of alkyl halides is 2. The van der Waals surface area contributed by atoms with Crippen molar-refractivity contribution in [3.8, 4) is 0 Å². The van der Waals surface area contributed by atoms with Crippen LogP contribution in [-0.4, -0.2) is 36.9 Å². The van der Waals surface area contributed by atoms with Crippen molar-refractivity contribution >= 4 is 5.91 Å². The van der Waals surface area contributed by atoms with Crippen LogP contribution in [0.15, 0.2) is 0 Å². The maximum Gasteiger partial charge on any atom is 0.255 e. The number of carbonyl (C=O) groups is 1. The van der Waals surface area contributed by atoms with Crippen molar-refractivity contribution in [2.75, 3.05) is 13.6 Å². The fraction of sp³-hybridized carbons (Fsp3) is 0.889. The Morgan fingerprint density at radius 2 is 2.21 bits per heavy atom. The smallest absolute Gasteiger partial charge is 0.255 e. The van der Waals surface area contributed by atoms with Gasteiger partial charge in [0.05, 0.1) is 12.5 Å². The average Bonchev–Trinajstić information content (AvgIpc) is 2.48. The van der Waals surface area contributed by atoms with E-state index in [4.69, 9.17) is 5.73 Å². The molecule has 1 fully saturated rings. The van der Waals surface area contributed by atoms with Crippen LogP contribution in [0.3, 0.4) is 0 Å². The fourth-order valence-electron chi connectivity index (χ4n) is 1.88. The highest BCUT2D eigenvalue weighted by atomic mass is 19.3. The third-order valence-corrected chi connectivity index (χ3v) is 2.67. The number of hydrogen-bond donors (Lipinski definition) is 1. The van der Waals surface area contributed by atoms with Gasteiger partial charge in [0.15, 0.2) is 0 Å². The molecule has 0 unspecified atom stereocenters. The molecular formula is C9H16F2N2O. The van der Waals surface area contributed by atoms with Gasteiger partial charge in [0.25, 0.3) is 6.43 Å². The number of nitrogens with zero attached hydrogens (tertiary/aromatic N) is 1. The van der Waals surface area contributed by atoms with Crippen molar-refractivity contribution in [1.29, 1.82) is 0 Å². The second-order valence-corrected chi connectivity index (χ2v) is 3.81. The molecule has 0 spiro atoms.